The van der Waals surface area contributed by atoms with Crippen LogP contribution < -0.4 is 10.9 Å². The van der Waals surface area contributed by atoms with E-state index < -0.39 is 29.7 Å². The van der Waals surface area contributed by atoms with Crippen LogP contribution in [0.4, 0.5) is 4.39 Å². The first kappa shape index (κ1) is 18.9. The van der Waals surface area contributed by atoms with Crippen LogP contribution in [0.3, 0.4) is 0 Å². The quantitative estimate of drug-likeness (QED) is 0.489. The molecular weight excluding hydrogens is 339 g/mol. The van der Waals surface area contributed by atoms with Crippen molar-refractivity contribution in [3.05, 3.63) is 77.6 Å². The molecule has 0 radical (unpaired) electrons. The minimum atomic E-state index is -1.15. The number of ether oxygens (including phenoxy) is 1. The van der Waals surface area contributed by atoms with E-state index in [1.54, 1.807) is 36.4 Å². The summed E-state index contributed by atoms with van der Waals surface area (Å²) < 4.78 is 18.3. The second-order valence-electron chi connectivity index (χ2n) is 5.24. The fraction of sp³-hybridized carbons (Fsp3) is 0.105. The van der Waals surface area contributed by atoms with Crippen molar-refractivity contribution in [2.24, 2.45) is 0 Å². The van der Waals surface area contributed by atoms with Gasteiger partial charge in [0.2, 0.25) is 0 Å². The van der Waals surface area contributed by atoms with E-state index in [0.29, 0.717) is 5.56 Å². The molecule has 0 aliphatic rings. The smallest absolute Gasteiger partial charge is 0.331 e. The van der Waals surface area contributed by atoms with Crippen LogP contribution in [-0.2, 0) is 14.3 Å². The number of hydrogen-bond donors (Lipinski definition) is 2. The SMILES string of the molecule is C[C@@H](OC(=O)/C=C/c1ccccc1F)C(=O)NNC(=O)c1ccccc1. The van der Waals surface area contributed by atoms with Crippen molar-refractivity contribution in [3.63, 3.8) is 0 Å². The number of hydrazine groups is 1. The maximum absolute atomic E-state index is 13.4. The standard InChI is InChI=1S/C19H17FN2O4/c1-13(18(24)21-22-19(25)15-8-3-2-4-9-15)26-17(23)12-11-14-7-5-6-10-16(14)20/h2-13H,1H3,(H,21,24)(H,22,25)/b12-11+/t13-/m1/s1. The van der Waals surface area contributed by atoms with E-state index in [9.17, 15) is 18.8 Å². The lowest BCUT2D eigenvalue weighted by molar-refractivity contribution is -0.150. The molecule has 2 rings (SSSR count). The Kier molecular flexibility index (Phi) is 6.61. The van der Waals surface area contributed by atoms with Crippen LogP contribution in [0, 0.1) is 5.82 Å². The molecule has 0 saturated carbocycles. The third-order valence-electron chi connectivity index (χ3n) is 3.30. The Bertz CT molecular complexity index is 821. The molecule has 0 aromatic heterocycles. The first-order valence-electron chi connectivity index (χ1n) is 7.76. The van der Waals surface area contributed by atoms with Crippen molar-refractivity contribution >= 4 is 23.9 Å². The summed E-state index contributed by atoms with van der Waals surface area (Å²) in [5.74, 6) is -2.50. The van der Waals surface area contributed by atoms with Gasteiger partial charge in [0, 0.05) is 17.2 Å². The van der Waals surface area contributed by atoms with Crippen molar-refractivity contribution in [2.45, 2.75) is 13.0 Å². The molecule has 2 aromatic rings. The lowest BCUT2D eigenvalue weighted by atomic mass is 10.2. The molecule has 0 aliphatic heterocycles. The van der Waals surface area contributed by atoms with Gasteiger partial charge in [-0.05, 0) is 31.2 Å². The summed E-state index contributed by atoms with van der Waals surface area (Å²) in [6.45, 7) is 1.35. The second kappa shape index (κ2) is 9.12. The minimum Gasteiger partial charge on any atom is -0.449 e. The normalized spacial score (nSPS) is 11.6. The van der Waals surface area contributed by atoms with Gasteiger partial charge in [0.15, 0.2) is 6.10 Å². The molecule has 0 heterocycles. The average Bonchev–Trinajstić information content (AvgIpc) is 2.65. The third kappa shape index (κ3) is 5.55. The number of nitrogens with one attached hydrogen (secondary N) is 2. The van der Waals surface area contributed by atoms with Crippen molar-refractivity contribution in [2.75, 3.05) is 0 Å². The van der Waals surface area contributed by atoms with Gasteiger partial charge in [-0.2, -0.15) is 0 Å². The first-order chi connectivity index (χ1) is 12.5. The van der Waals surface area contributed by atoms with Crippen molar-refractivity contribution < 1.29 is 23.5 Å². The molecule has 26 heavy (non-hydrogen) atoms. The van der Waals surface area contributed by atoms with E-state index in [1.807, 2.05) is 0 Å². The van der Waals surface area contributed by atoms with Gasteiger partial charge < -0.3 is 4.74 Å². The fourth-order valence-corrected chi connectivity index (χ4v) is 1.92. The Labute approximate surface area is 149 Å². The van der Waals surface area contributed by atoms with E-state index >= 15 is 0 Å². The van der Waals surface area contributed by atoms with Crippen LogP contribution in [-0.4, -0.2) is 23.9 Å². The van der Waals surface area contributed by atoms with Gasteiger partial charge >= 0.3 is 5.97 Å². The van der Waals surface area contributed by atoms with E-state index in [4.69, 9.17) is 4.74 Å². The molecular formula is C19H17FN2O4. The van der Waals surface area contributed by atoms with Crippen LogP contribution in [0.5, 0.6) is 0 Å². The lowest BCUT2D eigenvalue weighted by Crippen LogP contribution is -2.46. The Hall–Kier alpha value is -3.48. The Morgan fingerprint density at radius 1 is 1.00 bits per heavy atom. The molecule has 2 aromatic carbocycles. The van der Waals surface area contributed by atoms with Gasteiger partial charge in [-0.15, -0.1) is 0 Å². The Balaban J connectivity index is 1.82. The number of carbonyl (C=O) groups excluding carboxylic acids is 3. The van der Waals surface area contributed by atoms with E-state index in [1.165, 1.54) is 31.2 Å². The molecule has 134 valence electrons. The zero-order valence-electron chi connectivity index (χ0n) is 13.9. The van der Waals surface area contributed by atoms with E-state index in [2.05, 4.69) is 10.9 Å². The van der Waals surface area contributed by atoms with Crippen molar-refractivity contribution in [1.82, 2.24) is 10.9 Å². The lowest BCUT2D eigenvalue weighted by Gasteiger charge is -2.13. The molecule has 0 spiro atoms. The number of esters is 1. The van der Waals surface area contributed by atoms with Gasteiger partial charge in [-0.25, -0.2) is 9.18 Å². The molecule has 0 unspecified atom stereocenters. The molecule has 1 atom stereocenters. The summed E-state index contributed by atoms with van der Waals surface area (Å²) in [5.41, 5.74) is 4.98. The predicted octanol–water partition coefficient (Wildman–Crippen LogP) is 2.23. The van der Waals surface area contributed by atoms with Crippen LogP contribution in [0.2, 0.25) is 0 Å². The summed E-state index contributed by atoms with van der Waals surface area (Å²) in [5, 5.41) is 0. The summed E-state index contributed by atoms with van der Waals surface area (Å²) in [6, 6.07) is 14.2. The predicted molar refractivity (Wildman–Crippen MR) is 93.0 cm³/mol. The number of rotatable bonds is 5. The Morgan fingerprint density at radius 3 is 2.35 bits per heavy atom. The molecule has 2 N–H and O–H groups in total. The van der Waals surface area contributed by atoms with Crippen LogP contribution >= 0.6 is 0 Å². The zero-order valence-corrected chi connectivity index (χ0v) is 13.9. The molecule has 6 nitrogen and oxygen atoms in total. The minimum absolute atomic E-state index is 0.219. The summed E-state index contributed by atoms with van der Waals surface area (Å²) in [4.78, 5) is 35.4. The van der Waals surface area contributed by atoms with Crippen molar-refractivity contribution in [1.29, 1.82) is 0 Å². The summed E-state index contributed by atoms with van der Waals surface area (Å²) in [6.07, 6.45) is 1.12. The molecule has 0 fully saturated rings. The third-order valence-corrected chi connectivity index (χ3v) is 3.30. The number of benzene rings is 2. The molecule has 0 saturated heterocycles. The number of hydrogen-bond acceptors (Lipinski definition) is 4. The second-order valence-corrected chi connectivity index (χ2v) is 5.24. The zero-order chi connectivity index (χ0) is 18.9. The number of halogens is 1. The van der Waals surface area contributed by atoms with Crippen LogP contribution in [0.1, 0.15) is 22.8 Å². The average molecular weight is 356 g/mol. The Morgan fingerprint density at radius 2 is 1.65 bits per heavy atom. The molecule has 0 aliphatic carbocycles. The molecule has 7 heteroatoms. The van der Waals surface area contributed by atoms with E-state index in [0.717, 1.165) is 6.08 Å². The largest absolute Gasteiger partial charge is 0.449 e. The summed E-state index contributed by atoms with van der Waals surface area (Å²) in [7, 11) is 0. The first-order valence-corrected chi connectivity index (χ1v) is 7.76. The highest BCUT2D eigenvalue weighted by atomic mass is 19.1. The number of amides is 2. The van der Waals surface area contributed by atoms with Crippen LogP contribution in [0.25, 0.3) is 6.08 Å². The monoisotopic (exact) mass is 356 g/mol. The van der Waals surface area contributed by atoms with Gasteiger partial charge in [-0.3, -0.25) is 20.4 Å². The van der Waals surface area contributed by atoms with Gasteiger partial charge in [-0.1, -0.05) is 36.4 Å². The van der Waals surface area contributed by atoms with Crippen LogP contribution in [0.15, 0.2) is 60.7 Å². The summed E-state index contributed by atoms with van der Waals surface area (Å²) >= 11 is 0. The molecule has 0 bridgehead atoms. The highest BCUT2D eigenvalue weighted by Crippen LogP contribution is 2.08. The van der Waals surface area contributed by atoms with Crippen molar-refractivity contribution in [3.8, 4) is 0 Å². The van der Waals surface area contributed by atoms with E-state index in [-0.39, 0.29) is 5.56 Å². The molecule has 2 amide bonds. The fourth-order valence-electron chi connectivity index (χ4n) is 1.92. The topological polar surface area (TPSA) is 84.5 Å². The number of carbonyl (C=O) groups is 3. The highest BCUT2D eigenvalue weighted by molar-refractivity contribution is 5.96. The van der Waals surface area contributed by atoms with Gasteiger partial charge in [0.05, 0.1) is 0 Å². The van der Waals surface area contributed by atoms with Gasteiger partial charge in [0.25, 0.3) is 11.8 Å². The van der Waals surface area contributed by atoms with Gasteiger partial charge in [0.1, 0.15) is 5.82 Å². The highest BCUT2D eigenvalue weighted by Gasteiger charge is 2.17. The maximum Gasteiger partial charge on any atom is 0.331 e. The maximum atomic E-state index is 13.4.